The molecular formula is C15H13FN4. The van der Waals surface area contributed by atoms with E-state index in [0.717, 1.165) is 30.4 Å². The second kappa shape index (κ2) is 5.25. The summed E-state index contributed by atoms with van der Waals surface area (Å²) < 4.78 is 13.3. The van der Waals surface area contributed by atoms with Crippen LogP contribution in [0.5, 0.6) is 0 Å². The number of benzene rings is 1. The number of nitriles is 1. The van der Waals surface area contributed by atoms with Gasteiger partial charge in [0.2, 0.25) is 0 Å². The Hall–Kier alpha value is -2.48. The topological polar surface area (TPSA) is 61.6 Å². The second-order valence-electron chi connectivity index (χ2n) is 4.83. The molecule has 0 amide bonds. The molecule has 20 heavy (non-hydrogen) atoms. The van der Waals surface area contributed by atoms with Crippen LogP contribution >= 0.6 is 0 Å². The van der Waals surface area contributed by atoms with Gasteiger partial charge < -0.3 is 5.32 Å². The Morgan fingerprint density at radius 2 is 2.20 bits per heavy atom. The van der Waals surface area contributed by atoms with Gasteiger partial charge in [0.15, 0.2) is 5.69 Å². The summed E-state index contributed by atoms with van der Waals surface area (Å²) in [6, 6.07) is 6.98. The number of halogens is 1. The van der Waals surface area contributed by atoms with Gasteiger partial charge in [-0.05, 0) is 42.5 Å². The lowest BCUT2D eigenvalue weighted by Crippen LogP contribution is -2.18. The lowest BCUT2D eigenvalue weighted by molar-refractivity contribution is 0.581. The van der Waals surface area contributed by atoms with Crippen LogP contribution in [0.4, 0.5) is 10.2 Å². The molecule has 1 aromatic carbocycles. The molecule has 2 aromatic rings. The van der Waals surface area contributed by atoms with Gasteiger partial charge in [-0.15, -0.1) is 0 Å². The summed E-state index contributed by atoms with van der Waals surface area (Å²) in [5.41, 5.74) is 2.46. The van der Waals surface area contributed by atoms with Gasteiger partial charge in [-0.3, -0.25) is 0 Å². The lowest BCUT2D eigenvalue weighted by Gasteiger charge is -2.26. The Balaban J connectivity index is 1.84. The van der Waals surface area contributed by atoms with Crippen molar-refractivity contribution in [1.82, 2.24) is 9.97 Å². The number of hydrogen-bond donors (Lipinski definition) is 1. The van der Waals surface area contributed by atoms with Crippen molar-refractivity contribution in [3.8, 4) is 6.07 Å². The Labute approximate surface area is 116 Å². The molecule has 0 radical (unpaired) electrons. The highest BCUT2D eigenvalue weighted by molar-refractivity contribution is 5.41. The normalized spacial score (nSPS) is 17.1. The number of rotatable bonds is 2. The molecule has 1 aromatic heterocycles. The van der Waals surface area contributed by atoms with E-state index >= 15 is 0 Å². The van der Waals surface area contributed by atoms with Crippen LogP contribution in [0.3, 0.4) is 0 Å². The molecule has 0 fully saturated rings. The van der Waals surface area contributed by atoms with E-state index in [1.807, 2.05) is 12.1 Å². The van der Waals surface area contributed by atoms with Crippen molar-refractivity contribution in [2.75, 3.05) is 5.32 Å². The fourth-order valence-electron chi connectivity index (χ4n) is 2.57. The third kappa shape index (κ3) is 2.45. The van der Waals surface area contributed by atoms with Crippen molar-refractivity contribution < 1.29 is 4.39 Å². The van der Waals surface area contributed by atoms with Crippen LogP contribution in [0.2, 0.25) is 0 Å². The predicted octanol–water partition coefficient (Wildman–Crippen LogP) is 2.98. The number of hydrogen-bond acceptors (Lipinski definition) is 4. The van der Waals surface area contributed by atoms with E-state index in [1.165, 1.54) is 12.3 Å². The van der Waals surface area contributed by atoms with Gasteiger partial charge in [0.05, 0.1) is 18.4 Å². The smallest absolute Gasteiger partial charge is 0.158 e. The molecule has 4 nitrogen and oxygen atoms in total. The summed E-state index contributed by atoms with van der Waals surface area (Å²) in [6.45, 7) is 0. The van der Waals surface area contributed by atoms with Crippen LogP contribution in [0, 0.1) is 17.1 Å². The Bertz CT molecular complexity index is 661. The Morgan fingerprint density at radius 3 is 2.95 bits per heavy atom. The van der Waals surface area contributed by atoms with E-state index in [9.17, 15) is 4.39 Å². The van der Waals surface area contributed by atoms with Crippen LogP contribution in [0.1, 0.15) is 35.7 Å². The highest BCUT2D eigenvalue weighted by Crippen LogP contribution is 2.32. The number of fused-ring (bicyclic) bond motifs is 1. The standard InChI is InChI=1S/C15H13FN4/c16-11-4-5-13-10(6-11)2-1-3-14(13)20-15-9-18-12(7-17)8-19-15/h4-6,8-9,14H,1-3H2,(H,19,20)/t14-/m1/s1. The zero-order chi connectivity index (χ0) is 13.9. The third-order valence-corrected chi connectivity index (χ3v) is 3.51. The first kappa shape index (κ1) is 12.5. The first-order valence-corrected chi connectivity index (χ1v) is 6.53. The van der Waals surface area contributed by atoms with Crippen molar-refractivity contribution in [1.29, 1.82) is 5.26 Å². The molecule has 5 heteroatoms. The third-order valence-electron chi connectivity index (χ3n) is 3.51. The maximum atomic E-state index is 13.3. The summed E-state index contributed by atoms with van der Waals surface area (Å²) in [5, 5.41) is 12.0. The quantitative estimate of drug-likeness (QED) is 0.909. The molecule has 1 atom stereocenters. The fraction of sp³-hybridized carbons (Fsp3) is 0.267. The Morgan fingerprint density at radius 1 is 1.30 bits per heavy atom. The molecule has 100 valence electrons. The van der Waals surface area contributed by atoms with E-state index in [-0.39, 0.29) is 11.9 Å². The zero-order valence-corrected chi connectivity index (χ0v) is 10.8. The molecule has 1 heterocycles. The van der Waals surface area contributed by atoms with Crippen LogP contribution in [-0.4, -0.2) is 9.97 Å². The lowest BCUT2D eigenvalue weighted by atomic mass is 9.87. The minimum absolute atomic E-state index is 0.113. The monoisotopic (exact) mass is 268 g/mol. The summed E-state index contributed by atoms with van der Waals surface area (Å²) in [6.07, 6.45) is 5.88. The minimum atomic E-state index is -0.192. The summed E-state index contributed by atoms with van der Waals surface area (Å²) in [5.74, 6) is 0.439. The average molecular weight is 268 g/mol. The average Bonchev–Trinajstić information content (AvgIpc) is 2.48. The van der Waals surface area contributed by atoms with Gasteiger partial charge in [0.1, 0.15) is 17.7 Å². The highest BCUT2D eigenvalue weighted by atomic mass is 19.1. The molecule has 3 rings (SSSR count). The highest BCUT2D eigenvalue weighted by Gasteiger charge is 2.20. The van der Waals surface area contributed by atoms with Crippen LogP contribution in [0.25, 0.3) is 0 Å². The van der Waals surface area contributed by atoms with E-state index in [1.54, 1.807) is 12.3 Å². The maximum absolute atomic E-state index is 13.3. The molecule has 0 saturated heterocycles. The van der Waals surface area contributed by atoms with Gasteiger partial charge >= 0.3 is 0 Å². The van der Waals surface area contributed by atoms with E-state index < -0.39 is 0 Å². The van der Waals surface area contributed by atoms with Crippen LogP contribution < -0.4 is 5.32 Å². The van der Waals surface area contributed by atoms with Gasteiger partial charge in [-0.1, -0.05) is 6.07 Å². The van der Waals surface area contributed by atoms with Crippen molar-refractivity contribution in [2.24, 2.45) is 0 Å². The molecule has 0 unspecified atom stereocenters. The minimum Gasteiger partial charge on any atom is -0.362 e. The molecule has 0 saturated carbocycles. The summed E-state index contributed by atoms with van der Waals surface area (Å²) in [7, 11) is 0. The molecule has 1 N–H and O–H groups in total. The van der Waals surface area contributed by atoms with Crippen molar-refractivity contribution in [3.63, 3.8) is 0 Å². The zero-order valence-electron chi connectivity index (χ0n) is 10.8. The van der Waals surface area contributed by atoms with Crippen molar-refractivity contribution in [3.05, 3.63) is 53.2 Å². The van der Waals surface area contributed by atoms with Crippen LogP contribution in [-0.2, 0) is 6.42 Å². The number of anilines is 1. The number of aromatic nitrogens is 2. The molecule has 1 aliphatic rings. The van der Waals surface area contributed by atoms with Crippen molar-refractivity contribution >= 4 is 5.82 Å². The number of aryl methyl sites for hydroxylation is 1. The Kier molecular flexibility index (Phi) is 3.30. The second-order valence-corrected chi connectivity index (χ2v) is 4.83. The summed E-state index contributed by atoms with van der Waals surface area (Å²) in [4.78, 5) is 8.15. The fourth-order valence-corrected chi connectivity index (χ4v) is 2.57. The molecule has 1 aliphatic carbocycles. The van der Waals surface area contributed by atoms with Crippen molar-refractivity contribution in [2.45, 2.75) is 25.3 Å². The largest absolute Gasteiger partial charge is 0.362 e. The number of nitrogens with zero attached hydrogens (tertiary/aromatic N) is 3. The van der Waals surface area contributed by atoms with Gasteiger partial charge in [0, 0.05) is 0 Å². The van der Waals surface area contributed by atoms with Gasteiger partial charge in [-0.2, -0.15) is 5.26 Å². The van der Waals surface area contributed by atoms with Crippen LogP contribution in [0.15, 0.2) is 30.6 Å². The molecule has 0 aliphatic heterocycles. The van der Waals surface area contributed by atoms with Gasteiger partial charge in [0.25, 0.3) is 0 Å². The number of nitrogens with one attached hydrogen (secondary N) is 1. The molecular weight excluding hydrogens is 255 g/mol. The first-order valence-electron chi connectivity index (χ1n) is 6.53. The maximum Gasteiger partial charge on any atom is 0.158 e. The molecule has 0 spiro atoms. The summed E-state index contributed by atoms with van der Waals surface area (Å²) >= 11 is 0. The van der Waals surface area contributed by atoms with Gasteiger partial charge in [-0.25, -0.2) is 14.4 Å². The SMILES string of the molecule is N#Cc1cnc(N[C@@H]2CCCc3cc(F)ccc32)cn1. The van der Waals surface area contributed by atoms with E-state index in [4.69, 9.17) is 5.26 Å². The predicted molar refractivity (Wildman–Crippen MR) is 72.4 cm³/mol. The molecule has 0 bridgehead atoms. The van der Waals surface area contributed by atoms with E-state index in [2.05, 4.69) is 15.3 Å². The van der Waals surface area contributed by atoms with E-state index in [0.29, 0.717) is 11.5 Å². The first-order chi connectivity index (χ1) is 9.76.